The van der Waals surface area contributed by atoms with E-state index in [4.69, 9.17) is 24.2 Å². The molecule has 0 spiro atoms. The number of imidazole rings is 2. The highest BCUT2D eigenvalue weighted by Gasteiger charge is 2.27. The van der Waals surface area contributed by atoms with Gasteiger partial charge in [-0.05, 0) is 56.3 Å². The Morgan fingerprint density at radius 2 is 1.65 bits per heavy atom. The predicted octanol–water partition coefficient (Wildman–Crippen LogP) is 5.50. The molecule has 5 aromatic rings. The number of methoxy groups -OCH3 is 1. The van der Waals surface area contributed by atoms with Gasteiger partial charge in [-0.3, -0.25) is 14.2 Å². The average molecular weight is 656 g/mol. The van der Waals surface area contributed by atoms with Crippen LogP contribution in [-0.2, 0) is 16.5 Å². The molecule has 5 rings (SSSR count). The molecule has 1 amide bonds. The van der Waals surface area contributed by atoms with Crippen molar-refractivity contribution < 1.29 is 38.1 Å². The first kappa shape index (κ1) is 33.6. The average Bonchev–Trinajstić information content (AvgIpc) is 3.63. The van der Waals surface area contributed by atoms with Crippen molar-refractivity contribution in [3.8, 4) is 11.5 Å². The van der Waals surface area contributed by atoms with Crippen molar-refractivity contribution in [3.05, 3.63) is 83.4 Å². The summed E-state index contributed by atoms with van der Waals surface area (Å²) in [6.07, 6.45) is -0.862. The summed E-state index contributed by atoms with van der Waals surface area (Å²) in [4.78, 5) is 60.0. The Morgan fingerprint density at radius 3 is 2.38 bits per heavy atom. The molecule has 1 N–H and O–H groups in total. The minimum atomic E-state index is -0.862. The van der Waals surface area contributed by atoms with Crippen LogP contribution in [0, 0.1) is 5.92 Å². The van der Waals surface area contributed by atoms with E-state index in [9.17, 15) is 19.2 Å². The lowest BCUT2D eigenvalue weighted by molar-refractivity contribution is 0.0521. The summed E-state index contributed by atoms with van der Waals surface area (Å²) >= 11 is 0. The molecule has 13 nitrogen and oxygen atoms in total. The maximum Gasteiger partial charge on any atom is 0.513 e. The zero-order chi connectivity index (χ0) is 34.5. The summed E-state index contributed by atoms with van der Waals surface area (Å²) < 4.78 is 24.0. The van der Waals surface area contributed by atoms with E-state index >= 15 is 0 Å². The quantitative estimate of drug-likeness (QED) is 0.110. The number of ether oxygens (including phenoxy) is 4. The largest absolute Gasteiger partial charge is 0.513 e. The number of fused-ring (bicyclic) bond motifs is 2. The smallest absolute Gasteiger partial charge is 0.491 e. The molecule has 1 atom stereocenters. The highest BCUT2D eigenvalue weighted by Crippen LogP contribution is 2.31. The second kappa shape index (κ2) is 14.4. The van der Waals surface area contributed by atoms with Crippen LogP contribution >= 0.6 is 0 Å². The van der Waals surface area contributed by atoms with Crippen molar-refractivity contribution in [1.29, 1.82) is 0 Å². The van der Waals surface area contributed by atoms with Gasteiger partial charge in [-0.2, -0.15) is 0 Å². The van der Waals surface area contributed by atoms with Gasteiger partial charge in [0, 0.05) is 24.6 Å². The number of nitrogens with zero attached hydrogens (tertiary/aromatic N) is 4. The lowest BCUT2D eigenvalue weighted by Gasteiger charge is -2.15. The molecule has 0 aliphatic rings. The van der Waals surface area contributed by atoms with E-state index in [2.05, 4.69) is 10.1 Å². The molecule has 250 valence electrons. The van der Waals surface area contributed by atoms with Crippen LogP contribution in [0.1, 0.15) is 70.8 Å². The Hall–Kier alpha value is -5.72. The van der Waals surface area contributed by atoms with Gasteiger partial charge in [-0.25, -0.2) is 19.6 Å². The van der Waals surface area contributed by atoms with Gasteiger partial charge >= 0.3 is 12.1 Å². The number of aryl methyl sites for hydroxylation is 1. The third kappa shape index (κ3) is 6.85. The number of carbonyl (C=O) groups excluding carboxylic acids is 4. The van der Waals surface area contributed by atoms with Crippen molar-refractivity contribution >= 4 is 46.0 Å². The predicted molar refractivity (Wildman–Crippen MR) is 177 cm³/mol. The van der Waals surface area contributed by atoms with E-state index in [0.29, 0.717) is 45.1 Å². The van der Waals surface area contributed by atoms with Crippen LogP contribution in [0.3, 0.4) is 0 Å². The van der Waals surface area contributed by atoms with Crippen LogP contribution in [-0.4, -0.2) is 69.9 Å². The van der Waals surface area contributed by atoms with Crippen LogP contribution in [0.15, 0.2) is 60.7 Å². The number of nitrogens with one attached hydrogen (secondary N) is 1. The molecule has 0 aliphatic carbocycles. The van der Waals surface area contributed by atoms with Gasteiger partial charge in [0.05, 0.1) is 48.2 Å². The second-order valence-electron chi connectivity index (χ2n) is 11.3. The van der Waals surface area contributed by atoms with Crippen LogP contribution in [0.25, 0.3) is 22.1 Å². The first-order valence-electron chi connectivity index (χ1n) is 15.5. The Labute approximate surface area is 276 Å². The van der Waals surface area contributed by atoms with E-state index in [-0.39, 0.29) is 43.2 Å². The van der Waals surface area contributed by atoms with Gasteiger partial charge in [0.1, 0.15) is 35.3 Å². The molecule has 48 heavy (non-hydrogen) atoms. The number of amides is 1. The topological polar surface area (TPSA) is 153 Å². The zero-order valence-corrected chi connectivity index (χ0v) is 27.6. The molecule has 2 aromatic heterocycles. The Kier molecular flexibility index (Phi) is 10.1. The third-order valence-corrected chi connectivity index (χ3v) is 7.71. The monoisotopic (exact) mass is 655 g/mol. The summed E-state index contributed by atoms with van der Waals surface area (Å²) in [6.45, 7) is 7.86. The van der Waals surface area contributed by atoms with Crippen molar-refractivity contribution in [2.24, 2.45) is 13.0 Å². The molecule has 1 unspecified atom stereocenters. The first-order chi connectivity index (χ1) is 23.0. The van der Waals surface area contributed by atoms with Crippen molar-refractivity contribution in [2.45, 2.75) is 33.6 Å². The van der Waals surface area contributed by atoms with Gasteiger partial charge < -0.3 is 28.8 Å². The van der Waals surface area contributed by atoms with Gasteiger partial charge in [0.25, 0.3) is 5.91 Å². The molecule has 0 bridgehead atoms. The number of rotatable bonds is 11. The van der Waals surface area contributed by atoms with Crippen LogP contribution < -0.4 is 14.8 Å². The first-order valence-corrected chi connectivity index (χ1v) is 15.5. The SMILES string of the molecule is CCOC(=O)c1ccccc1OCCNC(=O)c1ccc2nc(C(C)c3nc4cc(OC(=O)OC)ccc4n3C(=O)C(C)C)n(C)c2c1. The molecule has 0 fully saturated rings. The van der Waals surface area contributed by atoms with Crippen molar-refractivity contribution in [1.82, 2.24) is 24.4 Å². The molecule has 0 saturated carbocycles. The molecule has 0 radical (unpaired) electrons. The van der Waals surface area contributed by atoms with E-state index < -0.39 is 18.0 Å². The summed E-state index contributed by atoms with van der Waals surface area (Å²) in [5.41, 5.74) is 3.17. The summed E-state index contributed by atoms with van der Waals surface area (Å²) in [5, 5.41) is 2.85. The number of hydrogen-bond donors (Lipinski definition) is 1. The molecular weight excluding hydrogens is 618 g/mol. The van der Waals surface area contributed by atoms with Gasteiger partial charge in [0.15, 0.2) is 0 Å². The van der Waals surface area contributed by atoms with Gasteiger partial charge in [-0.1, -0.05) is 26.0 Å². The number of benzene rings is 3. The fraction of sp³-hybridized carbons (Fsp3) is 0.314. The van der Waals surface area contributed by atoms with Crippen LogP contribution in [0.5, 0.6) is 11.5 Å². The maximum absolute atomic E-state index is 13.4. The standard InChI is InChI=1S/C35H37N5O8/c1-7-46-34(43)24-10-8-9-11-29(24)47-17-16-36-32(41)22-12-14-25-28(18-22)39(5)30(37-25)21(4)31-38-26-19-23(48-35(44)45-6)13-15-27(26)40(31)33(42)20(2)3/h8-15,18-21H,7,16-17H2,1-6H3,(H,36,41). The normalized spacial score (nSPS) is 11.8. The summed E-state index contributed by atoms with van der Waals surface area (Å²) in [6, 6.07) is 16.8. The van der Waals surface area contributed by atoms with E-state index in [0.717, 1.165) is 5.52 Å². The molecule has 0 saturated heterocycles. The summed E-state index contributed by atoms with van der Waals surface area (Å²) in [5.74, 6) is 0.0384. The van der Waals surface area contributed by atoms with Crippen molar-refractivity contribution in [3.63, 3.8) is 0 Å². The second-order valence-corrected chi connectivity index (χ2v) is 11.3. The van der Waals surface area contributed by atoms with E-state index in [1.165, 1.54) is 7.11 Å². The zero-order valence-electron chi connectivity index (χ0n) is 27.6. The molecule has 13 heteroatoms. The number of esters is 1. The molecule has 0 aliphatic heterocycles. The molecular formula is C35H37N5O8. The molecule has 2 heterocycles. The number of para-hydroxylation sites is 1. The van der Waals surface area contributed by atoms with Gasteiger partial charge in [-0.15, -0.1) is 0 Å². The van der Waals surface area contributed by atoms with Gasteiger partial charge in [0.2, 0.25) is 5.91 Å². The number of carbonyl (C=O) groups is 4. The molecule has 3 aromatic carbocycles. The van der Waals surface area contributed by atoms with Crippen LogP contribution in [0.2, 0.25) is 0 Å². The van der Waals surface area contributed by atoms with E-state index in [1.807, 2.05) is 32.4 Å². The summed E-state index contributed by atoms with van der Waals surface area (Å²) in [7, 11) is 3.06. The lowest BCUT2D eigenvalue weighted by atomic mass is 10.1. The highest BCUT2D eigenvalue weighted by molar-refractivity contribution is 5.97. The Balaban J connectivity index is 1.36. The number of aromatic nitrogens is 4. The lowest BCUT2D eigenvalue weighted by Crippen LogP contribution is -2.28. The minimum absolute atomic E-state index is 0.143. The Morgan fingerprint density at radius 1 is 0.896 bits per heavy atom. The fourth-order valence-corrected chi connectivity index (χ4v) is 5.31. The van der Waals surface area contributed by atoms with Crippen LogP contribution in [0.4, 0.5) is 4.79 Å². The maximum atomic E-state index is 13.4. The Bertz CT molecular complexity index is 2010. The van der Waals surface area contributed by atoms with E-state index in [1.54, 1.807) is 72.2 Å². The minimum Gasteiger partial charge on any atom is -0.491 e. The third-order valence-electron chi connectivity index (χ3n) is 7.71. The fourth-order valence-electron chi connectivity index (χ4n) is 5.31. The number of hydrogen-bond acceptors (Lipinski definition) is 10. The highest BCUT2D eigenvalue weighted by atomic mass is 16.7. The van der Waals surface area contributed by atoms with Crippen molar-refractivity contribution in [2.75, 3.05) is 26.9 Å².